The number of rotatable bonds is 10. The van der Waals surface area contributed by atoms with Crippen LogP contribution in [-0.4, -0.2) is 21.4 Å². The Hall–Kier alpha value is -4.29. The second kappa shape index (κ2) is 12.5. The summed E-state index contributed by atoms with van der Waals surface area (Å²) in [5.74, 6) is 1.26. The number of anilines is 1. The molecule has 1 heterocycles. The summed E-state index contributed by atoms with van der Waals surface area (Å²) in [6, 6.07) is 32.7. The first-order valence-electron chi connectivity index (χ1n) is 12.4. The third-order valence-corrected chi connectivity index (χ3v) is 8.28. The summed E-state index contributed by atoms with van der Waals surface area (Å²) in [6.07, 6.45) is 3.47. The van der Waals surface area contributed by atoms with Crippen LogP contribution in [0.25, 0.3) is 6.08 Å². The van der Waals surface area contributed by atoms with Crippen molar-refractivity contribution in [2.24, 2.45) is 3.21 Å². The van der Waals surface area contributed by atoms with Crippen LogP contribution >= 0.6 is 21.0 Å². The van der Waals surface area contributed by atoms with Crippen LogP contribution in [0.1, 0.15) is 22.3 Å². The van der Waals surface area contributed by atoms with Gasteiger partial charge >= 0.3 is 0 Å². The van der Waals surface area contributed by atoms with Crippen molar-refractivity contribution in [3.63, 3.8) is 0 Å². The smallest absolute Gasteiger partial charge is 0.130 e. The molecular formula is C32H26FIN4O. The van der Waals surface area contributed by atoms with E-state index in [0.29, 0.717) is 30.8 Å². The molecular weight excluding hydrogens is 602 g/mol. The van der Waals surface area contributed by atoms with Gasteiger partial charge in [0.25, 0.3) is 0 Å². The summed E-state index contributed by atoms with van der Waals surface area (Å²) < 4.78 is 26.0. The molecule has 1 aliphatic heterocycles. The molecule has 194 valence electrons. The number of nitriles is 1. The van der Waals surface area contributed by atoms with Crippen LogP contribution in [-0.2, 0) is 13.1 Å². The Morgan fingerprint density at radius 3 is 2.36 bits per heavy atom. The van der Waals surface area contributed by atoms with Crippen LogP contribution in [0.2, 0.25) is 0 Å². The molecule has 4 aromatic carbocycles. The summed E-state index contributed by atoms with van der Waals surface area (Å²) in [6.45, 7) is 5.72. The monoisotopic (exact) mass is 628 g/mol. The van der Waals surface area contributed by atoms with Crippen molar-refractivity contribution in [2.75, 3.05) is 11.4 Å². The lowest BCUT2D eigenvalue weighted by Crippen LogP contribution is -2.37. The largest absolute Gasteiger partial charge is 0.457 e. The number of hydrogen-bond donors (Lipinski definition) is 0. The van der Waals surface area contributed by atoms with Crippen LogP contribution in [0.4, 0.5) is 10.1 Å². The molecule has 5 rings (SSSR count). The molecule has 39 heavy (non-hydrogen) atoms. The van der Waals surface area contributed by atoms with Gasteiger partial charge in [0, 0.05) is 45.3 Å². The van der Waals surface area contributed by atoms with Crippen molar-refractivity contribution in [3.05, 3.63) is 132 Å². The number of halogens is 2. The fraction of sp³-hybridized carbons (Fsp3) is 0.0938. The van der Waals surface area contributed by atoms with Gasteiger partial charge in [-0.25, -0.2) is 7.60 Å². The van der Waals surface area contributed by atoms with Gasteiger partial charge in [0.2, 0.25) is 0 Å². The van der Waals surface area contributed by atoms with E-state index in [4.69, 9.17) is 10.00 Å². The highest BCUT2D eigenvalue weighted by Gasteiger charge is 2.19. The molecule has 0 radical (unpaired) electrons. The van der Waals surface area contributed by atoms with E-state index in [9.17, 15) is 4.39 Å². The Kier molecular flexibility index (Phi) is 8.44. The van der Waals surface area contributed by atoms with E-state index in [0.717, 1.165) is 28.3 Å². The lowest BCUT2D eigenvalue weighted by Gasteiger charge is -2.29. The van der Waals surface area contributed by atoms with E-state index in [2.05, 4.69) is 37.8 Å². The fourth-order valence-electron chi connectivity index (χ4n) is 4.18. The van der Waals surface area contributed by atoms with Crippen LogP contribution < -0.4 is 9.64 Å². The van der Waals surface area contributed by atoms with Gasteiger partial charge in [0.1, 0.15) is 23.7 Å². The van der Waals surface area contributed by atoms with Gasteiger partial charge in [-0.05, 0) is 71.8 Å². The van der Waals surface area contributed by atoms with Crippen molar-refractivity contribution >= 4 is 42.7 Å². The second-order valence-electron chi connectivity index (χ2n) is 8.94. The first kappa shape index (κ1) is 26.3. The number of nitrogens with zero attached hydrogens (tertiary/aromatic N) is 4. The molecule has 0 saturated carbocycles. The molecule has 0 bridgehead atoms. The summed E-state index contributed by atoms with van der Waals surface area (Å²) in [5.41, 5.74) is 4.28. The minimum Gasteiger partial charge on any atom is -0.457 e. The average Bonchev–Trinajstić information content (AvgIpc) is 3.41. The predicted octanol–water partition coefficient (Wildman–Crippen LogP) is 7.70. The molecule has 1 aliphatic rings. The van der Waals surface area contributed by atoms with Gasteiger partial charge in [0.05, 0.1) is 21.8 Å². The van der Waals surface area contributed by atoms with Crippen LogP contribution in [0, 0.1) is 17.1 Å². The van der Waals surface area contributed by atoms with Crippen LogP contribution in [0.5, 0.6) is 11.5 Å². The zero-order chi connectivity index (χ0) is 27.0. The van der Waals surface area contributed by atoms with Gasteiger partial charge in [-0.1, -0.05) is 49.1 Å². The van der Waals surface area contributed by atoms with Crippen LogP contribution in [0.15, 0.2) is 107 Å². The first-order valence-corrected chi connectivity index (χ1v) is 14.4. The normalized spacial score (nSPS) is 12.3. The molecule has 4 aromatic rings. The topological polar surface area (TPSA) is 51.9 Å². The van der Waals surface area contributed by atoms with Crippen molar-refractivity contribution in [2.45, 2.75) is 13.1 Å². The van der Waals surface area contributed by atoms with Crippen LogP contribution in [0.3, 0.4) is 0 Å². The van der Waals surface area contributed by atoms with Gasteiger partial charge in [-0.15, -0.1) is 0 Å². The molecule has 0 aliphatic carbocycles. The van der Waals surface area contributed by atoms with Gasteiger partial charge in [0.15, 0.2) is 0 Å². The molecule has 0 amide bonds. The zero-order valence-corrected chi connectivity index (χ0v) is 23.3. The van der Waals surface area contributed by atoms with E-state index in [-0.39, 0.29) is 5.82 Å². The Balaban J connectivity index is 1.37. The van der Waals surface area contributed by atoms with E-state index in [1.165, 1.54) is 9.70 Å². The highest BCUT2D eigenvalue weighted by atomic mass is 127. The maximum atomic E-state index is 14.1. The van der Waals surface area contributed by atoms with Gasteiger partial charge < -0.3 is 14.5 Å². The lowest BCUT2D eigenvalue weighted by molar-refractivity contribution is 0.482. The highest BCUT2D eigenvalue weighted by Crippen LogP contribution is 2.27. The molecule has 0 unspecified atom stereocenters. The fourth-order valence-corrected chi connectivity index (χ4v) is 6.06. The second-order valence-corrected chi connectivity index (χ2v) is 11.2. The summed E-state index contributed by atoms with van der Waals surface area (Å²) in [5, 5.41) is 9.10. The lowest BCUT2D eigenvalue weighted by atomic mass is 10.1. The third kappa shape index (κ3) is 6.78. The number of ether oxygens (including phenoxy) is 1. The molecule has 0 atom stereocenters. The summed E-state index contributed by atoms with van der Waals surface area (Å²) in [7, 11) is 0. The average molecular weight is 628 g/mol. The molecule has 5 nitrogen and oxygen atoms in total. The van der Waals surface area contributed by atoms with E-state index < -0.39 is 21.0 Å². The molecule has 0 saturated heterocycles. The Bertz CT molecular complexity index is 1540. The number of benzene rings is 4. The summed E-state index contributed by atoms with van der Waals surface area (Å²) >= 11 is -0.512. The molecule has 0 fully saturated rings. The standard InChI is InChI=1S/C32H26FIN4O/c1-2-27-18-26(12-17-31(27)33)21-37(28-13-15-30(16-14-28)39-29-6-4-3-5-7-29)22-32-34-36-23-38(32)20-25-10-8-24(19-35)9-11-25/h2-18,23H,1,20-22H2. The minimum atomic E-state index is -0.512. The summed E-state index contributed by atoms with van der Waals surface area (Å²) in [4.78, 5) is 4.48. The highest BCUT2D eigenvalue weighted by molar-refractivity contribution is 14.2. The first-order chi connectivity index (χ1) is 19.1. The third-order valence-electron chi connectivity index (χ3n) is 6.23. The number of hydrogen-bond acceptors (Lipinski definition) is 5. The molecule has 0 spiro atoms. The van der Waals surface area contributed by atoms with Gasteiger partial charge in [-0.3, -0.25) is 0 Å². The maximum Gasteiger partial charge on any atom is 0.130 e. The molecule has 0 N–H and O–H groups in total. The Labute approximate surface area is 238 Å². The quantitative estimate of drug-likeness (QED) is 0.169. The van der Waals surface area contributed by atoms with Crippen molar-refractivity contribution in [1.29, 1.82) is 5.26 Å². The minimum absolute atomic E-state index is 0.277. The SMILES string of the molecule is C=Cc1cc(CN(CC2=IN=CN2Cc2ccc(C#N)cc2)c2ccc(Oc3ccccc3)cc2)ccc1F. The Morgan fingerprint density at radius 1 is 0.923 bits per heavy atom. The van der Waals surface area contributed by atoms with E-state index in [1.807, 2.05) is 85.2 Å². The number of para-hydroxylation sites is 1. The van der Waals surface area contributed by atoms with Crippen molar-refractivity contribution < 1.29 is 9.13 Å². The maximum absolute atomic E-state index is 14.1. The van der Waals surface area contributed by atoms with Crippen molar-refractivity contribution in [3.8, 4) is 17.6 Å². The Morgan fingerprint density at radius 2 is 1.64 bits per heavy atom. The van der Waals surface area contributed by atoms with Gasteiger partial charge in [-0.2, -0.15) is 5.26 Å². The van der Waals surface area contributed by atoms with E-state index in [1.54, 1.807) is 6.08 Å². The van der Waals surface area contributed by atoms with E-state index >= 15 is 0 Å². The predicted molar refractivity (Wildman–Crippen MR) is 165 cm³/mol. The molecule has 0 aromatic heterocycles. The van der Waals surface area contributed by atoms with Crippen molar-refractivity contribution in [1.82, 2.24) is 4.90 Å². The zero-order valence-electron chi connectivity index (χ0n) is 21.2. The molecule has 7 heteroatoms.